The van der Waals surface area contributed by atoms with Crippen molar-refractivity contribution >= 4 is 45.5 Å². The summed E-state index contributed by atoms with van der Waals surface area (Å²) in [6.07, 6.45) is 1.96. The van der Waals surface area contributed by atoms with E-state index in [1.54, 1.807) is 48.7 Å². The molecule has 2 heterocycles. The summed E-state index contributed by atoms with van der Waals surface area (Å²) in [4.78, 5) is 24.2. The monoisotopic (exact) mass is 488 g/mol. The SMILES string of the molecule is CCOC(=O)/N=[SH](=O)/c1ccc(Nc2ncc(-c3cccs3)c(NCCCN(C)C)n2)cc1. The van der Waals surface area contributed by atoms with Gasteiger partial charge in [-0.3, -0.25) is 0 Å². The van der Waals surface area contributed by atoms with Gasteiger partial charge >= 0.3 is 6.09 Å². The number of rotatable bonds is 10. The molecule has 3 aromatic rings. The van der Waals surface area contributed by atoms with Crippen LogP contribution in [0.4, 0.5) is 22.2 Å². The van der Waals surface area contributed by atoms with Gasteiger partial charge in [-0.25, -0.2) is 14.0 Å². The van der Waals surface area contributed by atoms with E-state index < -0.39 is 16.7 Å². The highest BCUT2D eigenvalue weighted by molar-refractivity contribution is 7.75. The molecule has 0 bridgehead atoms. The molecule has 0 aliphatic heterocycles. The van der Waals surface area contributed by atoms with Gasteiger partial charge in [-0.1, -0.05) is 6.07 Å². The summed E-state index contributed by atoms with van der Waals surface area (Å²) in [6, 6.07) is 10.8. The van der Waals surface area contributed by atoms with Crippen LogP contribution in [-0.2, 0) is 15.3 Å². The number of carbonyl (C=O) groups is 1. The second kappa shape index (κ2) is 12.3. The van der Waals surface area contributed by atoms with Crippen molar-refractivity contribution in [2.75, 3.05) is 44.4 Å². The summed E-state index contributed by atoms with van der Waals surface area (Å²) in [5, 5.41) is 8.62. The standard InChI is InChI=1S/C22H28N6O3S2/c1-4-31-22(29)27-33(30)17-10-8-16(9-11-17)25-21-24-15-18(19-7-5-14-32-19)20(26-21)23-12-6-13-28(2)3/h5,7-11,14-15,33H,4,6,12-13H2,1-3H3,(H2,23,24,25,26). The van der Waals surface area contributed by atoms with E-state index in [4.69, 9.17) is 4.74 Å². The third kappa shape index (κ3) is 7.52. The molecule has 11 heteroatoms. The Hall–Kier alpha value is -3.02. The van der Waals surface area contributed by atoms with Gasteiger partial charge in [0.1, 0.15) is 5.82 Å². The van der Waals surface area contributed by atoms with E-state index >= 15 is 0 Å². The number of carbonyl (C=O) groups excluding carboxylic acids is 1. The molecular weight excluding hydrogens is 460 g/mol. The fourth-order valence-electron chi connectivity index (χ4n) is 2.88. The number of benzene rings is 1. The highest BCUT2D eigenvalue weighted by atomic mass is 32.2. The number of nitrogens with zero attached hydrogens (tertiary/aromatic N) is 4. The van der Waals surface area contributed by atoms with Gasteiger partial charge < -0.3 is 20.3 Å². The number of hydrogen-bond donors (Lipinski definition) is 3. The van der Waals surface area contributed by atoms with Gasteiger partial charge in [0.25, 0.3) is 0 Å². The first-order valence-electron chi connectivity index (χ1n) is 10.5. The van der Waals surface area contributed by atoms with E-state index in [0.29, 0.717) is 10.8 Å². The molecule has 0 spiro atoms. The Labute approximate surface area is 199 Å². The van der Waals surface area contributed by atoms with Gasteiger partial charge in [0.2, 0.25) is 5.95 Å². The molecule has 1 amide bonds. The van der Waals surface area contributed by atoms with E-state index in [0.717, 1.165) is 41.5 Å². The molecule has 3 rings (SSSR count). The molecule has 0 fully saturated rings. The zero-order valence-corrected chi connectivity index (χ0v) is 20.5. The largest absolute Gasteiger partial charge is 0.448 e. The molecule has 2 aromatic heterocycles. The Balaban J connectivity index is 1.74. The number of ether oxygens (including phenoxy) is 1. The van der Waals surface area contributed by atoms with E-state index in [2.05, 4.69) is 44.0 Å². The Morgan fingerprint density at radius 2 is 2.03 bits per heavy atom. The number of anilines is 3. The maximum Gasteiger partial charge on any atom is 0.441 e. The molecule has 0 aliphatic rings. The summed E-state index contributed by atoms with van der Waals surface area (Å²) in [6.45, 7) is 3.63. The van der Waals surface area contributed by atoms with E-state index in [9.17, 15) is 9.00 Å². The maximum absolute atomic E-state index is 12.2. The van der Waals surface area contributed by atoms with Crippen molar-refractivity contribution in [3.05, 3.63) is 48.0 Å². The smallest absolute Gasteiger partial charge is 0.441 e. The lowest BCUT2D eigenvalue weighted by Crippen LogP contribution is -2.17. The van der Waals surface area contributed by atoms with Crippen molar-refractivity contribution in [1.82, 2.24) is 14.9 Å². The molecule has 0 saturated heterocycles. The predicted octanol–water partition coefficient (Wildman–Crippen LogP) is 4.49. The van der Waals surface area contributed by atoms with Crippen molar-refractivity contribution < 1.29 is 13.7 Å². The van der Waals surface area contributed by atoms with Gasteiger partial charge in [-0.05, 0) is 69.7 Å². The third-order valence-electron chi connectivity index (χ3n) is 4.43. The van der Waals surface area contributed by atoms with Gasteiger partial charge in [-0.2, -0.15) is 4.98 Å². The lowest BCUT2D eigenvalue weighted by atomic mass is 10.2. The zero-order chi connectivity index (χ0) is 23.6. The molecule has 1 atom stereocenters. The average molecular weight is 489 g/mol. The first-order valence-corrected chi connectivity index (χ1v) is 12.6. The molecule has 9 nitrogen and oxygen atoms in total. The second-order valence-corrected chi connectivity index (χ2v) is 9.47. The van der Waals surface area contributed by atoms with Crippen LogP contribution in [-0.4, -0.2) is 59.0 Å². The first kappa shape index (κ1) is 24.6. The van der Waals surface area contributed by atoms with Crippen LogP contribution >= 0.6 is 11.3 Å². The van der Waals surface area contributed by atoms with Crippen LogP contribution in [0.1, 0.15) is 13.3 Å². The van der Waals surface area contributed by atoms with Crippen molar-refractivity contribution in [3.63, 3.8) is 0 Å². The van der Waals surface area contributed by atoms with Crippen LogP contribution in [0.25, 0.3) is 10.4 Å². The number of nitrogens with one attached hydrogen (secondary N) is 2. The fourth-order valence-corrected chi connectivity index (χ4v) is 4.34. The second-order valence-electron chi connectivity index (χ2n) is 7.26. The van der Waals surface area contributed by atoms with Crippen molar-refractivity contribution in [3.8, 4) is 10.4 Å². The minimum atomic E-state index is -2.21. The Kier molecular flexibility index (Phi) is 9.16. The fraction of sp³-hybridized carbons (Fsp3) is 0.318. The Bertz CT molecular complexity index is 1130. The molecule has 1 unspecified atom stereocenters. The normalized spacial score (nSPS) is 12.0. The quantitative estimate of drug-likeness (QED) is 0.283. The predicted molar refractivity (Wildman–Crippen MR) is 134 cm³/mol. The van der Waals surface area contributed by atoms with E-state index in [1.165, 1.54) is 0 Å². The lowest BCUT2D eigenvalue weighted by Gasteiger charge is -2.14. The highest BCUT2D eigenvalue weighted by Gasteiger charge is 2.11. The van der Waals surface area contributed by atoms with Crippen LogP contribution in [0.3, 0.4) is 0 Å². The molecular formula is C22H28N6O3S2. The first-order chi connectivity index (χ1) is 16.0. The molecule has 33 heavy (non-hydrogen) atoms. The summed E-state index contributed by atoms with van der Waals surface area (Å²) in [7, 11) is 1.89. The number of thiophene rings is 1. The van der Waals surface area contributed by atoms with Gasteiger partial charge in [-0.15, -0.1) is 15.7 Å². The van der Waals surface area contributed by atoms with Crippen LogP contribution < -0.4 is 10.6 Å². The van der Waals surface area contributed by atoms with Crippen LogP contribution in [0.2, 0.25) is 0 Å². The topological polar surface area (TPSA) is 109 Å². The minimum absolute atomic E-state index is 0.187. The highest BCUT2D eigenvalue weighted by Crippen LogP contribution is 2.31. The van der Waals surface area contributed by atoms with Gasteiger partial charge in [0, 0.05) is 28.2 Å². The summed E-state index contributed by atoms with van der Waals surface area (Å²) in [5.74, 6) is 1.21. The molecule has 0 radical (unpaired) electrons. The van der Waals surface area contributed by atoms with Crippen LogP contribution in [0.15, 0.2) is 57.2 Å². The third-order valence-corrected chi connectivity index (χ3v) is 6.42. The number of amides is 1. The molecule has 1 aromatic carbocycles. The maximum atomic E-state index is 12.2. The van der Waals surface area contributed by atoms with Crippen LogP contribution in [0.5, 0.6) is 0 Å². The Morgan fingerprint density at radius 3 is 2.70 bits per heavy atom. The molecule has 0 saturated carbocycles. The minimum Gasteiger partial charge on any atom is -0.448 e. The summed E-state index contributed by atoms with van der Waals surface area (Å²) >= 11 is 1.64. The molecule has 2 N–H and O–H groups in total. The number of aromatic nitrogens is 2. The molecule has 176 valence electrons. The Morgan fingerprint density at radius 1 is 1.24 bits per heavy atom. The summed E-state index contributed by atoms with van der Waals surface area (Å²) < 4.78 is 20.4. The number of hydrogen-bond acceptors (Lipinski definition) is 9. The van der Waals surface area contributed by atoms with Crippen LogP contribution in [0, 0.1) is 0 Å². The summed E-state index contributed by atoms with van der Waals surface area (Å²) in [5.41, 5.74) is 1.68. The molecule has 0 aliphatic carbocycles. The van der Waals surface area contributed by atoms with Gasteiger partial charge in [0.05, 0.1) is 22.8 Å². The van der Waals surface area contributed by atoms with Crippen molar-refractivity contribution in [2.45, 2.75) is 18.2 Å². The van der Waals surface area contributed by atoms with Crippen molar-refractivity contribution in [2.24, 2.45) is 4.36 Å². The van der Waals surface area contributed by atoms with Gasteiger partial charge in [0.15, 0.2) is 0 Å². The average Bonchev–Trinajstić information content (AvgIpc) is 3.32. The van der Waals surface area contributed by atoms with Crippen molar-refractivity contribution in [1.29, 1.82) is 0 Å². The van der Waals surface area contributed by atoms with E-state index in [-0.39, 0.29) is 6.61 Å². The number of thiol groups is 1. The van der Waals surface area contributed by atoms with E-state index in [1.807, 2.05) is 17.5 Å². The zero-order valence-electron chi connectivity index (χ0n) is 18.8. The lowest BCUT2D eigenvalue weighted by molar-refractivity contribution is 0.164.